The van der Waals surface area contributed by atoms with E-state index in [9.17, 15) is 0 Å². The SMILES string of the molecule is C[Si](C)C.c1ccc(-c2ccccn2)cc1. The zero-order valence-corrected chi connectivity index (χ0v) is 11.1. The molecule has 0 atom stereocenters. The lowest BCUT2D eigenvalue weighted by molar-refractivity contribution is 1.33. The molecular formula is C14H18NSi. The van der Waals surface area contributed by atoms with Crippen LogP contribution in [0.2, 0.25) is 19.6 Å². The fourth-order valence-electron chi connectivity index (χ4n) is 1.14. The van der Waals surface area contributed by atoms with Gasteiger partial charge in [0.1, 0.15) is 0 Å². The second-order valence-electron chi connectivity index (χ2n) is 4.08. The van der Waals surface area contributed by atoms with Gasteiger partial charge in [0.15, 0.2) is 0 Å². The third-order valence-corrected chi connectivity index (χ3v) is 1.73. The van der Waals surface area contributed by atoms with Crippen LogP contribution in [0.15, 0.2) is 54.7 Å². The van der Waals surface area contributed by atoms with E-state index in [-0.39, 0.29) is 8.80 Å². The van der Waals surface area contributed by atoms with Gasteiger partial charge in [-0.05, 0) is 12.1 Å². The lowest BCUT2D eigenvalue weighted by atomic mass is 10.1. The Morgan fingerprint density at radius 2 is 1.38 bits per heavy atom. The maximum absolute atomic E-state index is 4.25. The van der Waals surface area contributed by atoms with Crippen molar-refractivity contribution in [2.75, 3.05) is 0 Å². The highest BCUT2D eigenvalue weighted by atomic mass is 28.3. The Hall–Kier alpha value is -1.41. The van der Waals surface area contributed by atoms with E-state index in [4.69, 9.17) is 0 Å². The lowest BCUT2D eigenvalue weighted by Gasteiger charge is -1.97. The molecule has 1 aromatic carbocycles. The topological polar surface area (TPSA) is 12.9 Å². The predicted molar refractivity (Wildman–Crippen MR) is 73.0 cm³/mol. The minimum atomic E-state index is 0.120. The maximum atomic E-state index is 4.25. The first-order valence-corrected chi connectivity index (χ1v) is 8.43. The van der Waals surface area contributed by atoms with Gasteiger partial charge in [-0.2, -0.15) is 0 Å². The summed E-state index contributed by atoms with van der Waals surface area (Å²) in [7, 11) is 0.120. The van der Waals surface area contributed by atoms with Gasteiger partial charge in [-0.25, -0.2) is 0 Å². The molecule has 83 valence electrons. The van der Waals surface area contributed by atoms with Crippen LogP contribution in [0, 0.1) is 0 Å². The normalized spacial score (nSPS) is 9.50. The first kappa shape index (κ1) is 12.7. The van der Waals surface area contributed by atoms with Crippen molar-refractivity contribution >= 4 is 8.80 Å². The second-order valence-corrected chi connectivity index (χ2v) is 7.08. The molecule has 0 aliphatic rings. The third-order valence-electron chi connectivity index (χ3n) is 1.73. The van der Waals surface area contributed by atoms with Gasteiger partial charge >= 0.3 is 0 Å². The number of benzene rings is 1. The van der Waals surface area contributed by atoms with Crippen LogP contribution in [-0.4, -0.2) is 13.8 Å². The first-order valence-electron chi connectivity index (χ1n) is 5.43. The quantitative estimate of drug-likeness (QED) is 0.669. The minimum absolute atomic E-state index is 0.120. The molecule has 0 aliphatic heterocycles. The molecule has 0 aliphatic carbocycles. The number of nitrogens with zero attached hydrogens (tertiary/aromatic N) is 1. The first-order chi connectivity index (χ1) is 7.70. The largest absolute Gasteiger partial charge is 0.256 e. The van der Waals surface area contributed by atoms with Crippen molar-refractivity contribution in [1.29, 1.82) is 0 Å². The number of rotatable bonds is 1. The Kier molecular flexibility index (Phi) is 5.50. The van der Waals surface area contributed by atoms with Gasteiger partial charge in [-0.1, -0.05) is 56.0 Å². The molecule has 0 amide bonds. The Balaban J connectivity index is 0.000000280. The fourth-order valence-corrected chi connectivity index (χ4v) is 1.14. The summed E-state index contributed by atoms with van der Waals surface area (Å²) in [4.78, 5) is 4.25. The minimum Gasteiger partial charge on any atom is -0.256 e. The van der Waals surface area contributed by atoms with Crippen molar-refractivity contribution in [3.8, 4) is 11.3 Å². The Bertz CT molecular complexity index is 344. The summed E-state index contributed by atoms with van der Waals surface area (Å²) in [6, 6.07) is 16.1. The molecule has 1 radical (unpaired) electrons. The number of hydrogen-bond donors (Lipinski definition) is 0. The molecule has 0 unspecified atom stereocenters. The van der Waals surface area contributed by atoms with E-state index in [1.54, 1.807) is 0 Å². The van der Waals surface area contributed by atoms with Crippen molar-refractivity contribution < 1.29 is 0 Å². The summed E-state index contributed by atoms with van der Waals surface area (Å²) in [6.45, 7) is 6.81. The molecule has 2 heteroatoms. The molecule has 1 nitrogen and oxygen atoms in total. The number of hydrogen-bond acceptors (Lipinski definition) is 1. The Labute approximate surface area is 99.8 Å². The van der Waals surface area contributed by atoms with Crippen LogP contribution in [-0.2, 0) is 0 Å². The van der Waals surface area contributed by atoms with Gasteiger partial charge in [-0.15, -0.1) is 0 Å². The van der Waals surface area contributed by atoms with Gasteiger partial charge in [-0.3, -0.25) is 4.98 Å². The van der Waals surface area contributed by atoms with Crippen LogP contribution >= 0.6 is 0 Å². The lowest BCUT2D eigenvalue weighted by Crippen LogP contribution is -1.84. The van der Waals surface area contributed by atoms with Gasteiger partial charge < -0.3 is 0 Å². The average Bonchev–Trinajstić information content (AvgIpc) is 2.31. The molecule has 0 N–H and O–H groups in total. The highest BCUT2D eigenvalue weighted by molar-refractivity contribution is 6.54. The third kappa shape index (κ3) is 4.89. The van der Waals surface area contributed by atoms with Gasteiger partial charge in [0.25, 0.3) is 0 Å². The summed E-state index contributed by atoms with van der Waals surface area (Å²) in [5, 5.41) is 0. The van der Waals surface area contributed by atoms with E-state index in [1.165, 1.54) is 0 Å². The summed E-state index contributed by atoms with van der Waals surface area (Å²) < 4.78 is 0. The predicted octanol–water partition coefficient (Wildman–Crippen LogP) is 4.12. The van der Waals surface area contributed by atoms with Crippen molar-refractivity contribution in [2.24, 2.45) is 0 Å². The van der Waals surface area contributed by atoms with Gasteiger partial charge in [0, 0.05) is 20.6 Å². The van der Waals surface area contributed by atoms with Crippen LogP contribution in [0.3, 0.4) is 0 Å². The monoisotopic (exact) mass is 228 g/mol. The summed E-state index contributed by atoms with van der Waals surface area (Å²) in [6.07, 6.45) is 1.81. The van der Waals surface area contributed by atoms with Crippen LogP contribution in [0.5, 0.6) is 0 Å². The molecule has 0 bridgehead atoms. The molecule has 1 heterocycles. The maximum Gasteiger partial charge on any atom is 0.0701 e. The van der Waals surface area contributed by atoms with Gasteiger partial charge in [0.2, 0.25) is 0 Å². The van der Waals surface area contributed by atoms with Crippen molar-refractivity contribution in [3.63, 3.8) is 0 Å². The van der Waals surface area contributed by atoms with E-state index in [0.717, 1.165) is 11.3 Å². The van der Waals surface area contributed by atoms with Crippen molar-refractivity contribution in [3.05, 3.63) is 54.7 Å². The van der Waals surface area contributed by atoms with Crippen LogP contribution in [0.25, 0.3) is 11.3 Å². The van der Waals surface area contributed by atoms with E-state index >= 15 is 0 Å². The van der Waals surface area contributed by atoms with Crippen LogP contribution in [0.1, 0.15) is 0 Å². The van der Waals surface area contributed by atoms with E-state index in [0.29, 0.717) is 0 Å². The zero-order chi connectivity index (χ0) is 11.8. The molecule has 0 fully saturated rings. The Morgan fingerprint density at radius 1 is 0.812 bits per heavy atom. The highest BCUT2D eigenvalue weighted by Gasteiger charge is 1.93. The van der Waals surface area contributed by atoms with Crippen molar-refractivity contribution in [2.45, 2.75) is 19.6 Å². The fraction of sp³-hybridized carbons (Fsp3) is 0.214. The molecule has 2 rings (SSSR count). The molecule has 0 spiro atoms. The van der Waals surface area contributed by atoms with Crippen molar-refractivity contribution in [1.82, 2.24) is 4.98 Å². The highest BCUT2D eigenvalue weighted by Crippen LogP contribution is 2.14. The van der Waals surface area contributed by atoms with E-state index < -0.39 is 0 Å². The average molecular weight is 228 g/mol. The second kappa shape index (κ2) is 6.96. The zero-order valence-electron chi connectivity index (χ0n) is 10.1. The Morgan fingerprint density at radius 3 is 1.88 bits per heavy atom. The summed E-state index contributed by atoms with van der Waals surface area (Å²) in [5.74, 6) is 0. The smallest absolute Gasteiger partial charge is 0.0701 e. The summed E-state index contributed by atoms with van der Waals surface area (Å²) >= 11 is 0. The van der Waals surface area contributed by atoms with E-state index in [2.05, 4.69) is 36.8 Å². The molecule has 0 saturated heterocycles. The van der Waals surface area contributed by atoms with Crippen LogP contribution in [0.4, 0.5) is 0 Å². The molecule has 0 saturated carbocycles. The van der Waals surface area contributed by atoms with Gasteiger partial charge in [0.05, 0.1) is 5.69 Å². The molecule has 16 heavy (non-hydrogen) atoms. The standard InChI is InChI=1S/C11H9N.C3H9Si/c1-2-6-10(7-3-1)11-8-4-5-9-12-11;1-4(2)3/h1-9H;1-3H3. The van der Waals surface area contributed by atoms with E-state index in [1.807, 2.05) is 42.6 Å². The molecule has 2 aromatic rings. The number of aromatic nitrogens is 1. The van der Waals surface area contributed by atoms with Crippen LogP contribution < -0.4 is 0 Å². The summed E-state index contributed by atoms with van der Waals surface area (Å²) in [5.41, 5.74) is 2.19. The molecular weight excluding hydrogens is 210 g/mol. The molecule has 1 aromatic heterocycles. The number of pyridine rings is 1.